The highest BCUT2D eigenvalue weighted by Gasteiger charge is 2.13. The van der Waals surface area contributed by atoms with E-state index in [1.54, 1.807) is 22.7 Å². The van der Waals surface area contributed by atoms with Gasteiger partial charge in [0, 0.05) is 16.8 Å². The number of imidazole rings is 1. The monoisotopic (exact) mass is 234 g/mol. The maximum absolute atomic E-state index is 4.67. The van der Waals surface area contributed by atoms with Gasteiger partial charge in [0.15, 0.2) is 4.96 Å². The van der Waals surface area contributed by atoms with E-state index in [0.717, 1.165) is 10.7 Å². The second kappa shape index (κ2) is 3.18. The number of rotatable bonds is 1. The van der Waals surface area contributed by atoms with Crippen molar-refractivity contribution < 1.29 is 0 Å². The van der Waals surface area contributed by atoms with Gasteiger partial charge in [0.05, 0.1) is 4.88 Å². The molecular formula is C11H10N2S2. The Labute approximate surface area is 95.8 Å². The highest BCUT2D eigenvalue weighted by molar-refractivity contribution is 7.15. The van der Waals surface area contributed by atoms with Gasteiger partial charge in [-0.3, -0.25) is 4.40 Å². The van der Waals surface area contributed by atoms with Crippen LogP contribution in [0.1, 0.15) is 11.4 Å². The fourth-order valence-electron chi connectivity index (χ4n) is 1.81. The van der Waals surface area contributed by atoms with Crippen LogP contribution in [0, 0.1) is 13.8 Å². The summed E-state index contributed by atoms with van der Waals surface area (Å²) in [6.45, 7) is 4.26. The van der Waals surface area contributed by atoms with Gasteiger partial charge in [-0.05, 0) is 25.3 Å². The minimum atomic E-state index is 1.09. The lowest BCUT2D eigenvalue weighted by molar-refractivity contribution is 1.07. The molecule has 0 amide bonds. The summed E-state index contributed by atoms with van der Waals surface area (Å²) in [6, 6.07) is 4.19. The molecule has 76 valence electrons. The molecule has 0 aliphatic rings. The molecule has 3 rings (SSSR count). The van der Waals surface area contributed by atoms with Gasteiger partial charge in [0.1, 0.15) is 5.69 Å². The Hall–Kier alpha value is -1.13. The number of thiophene rings is 1. The van der Waals surface area contributed by atoms with Crippen molar-refractivity contribution in [3.63, 3.8) is 0 Å². The SMILES string of the molecule is Cc1csc2nc(-c3cccs3)c(C)n12. The Balaban J connectivity index is 2.33. The van der Waals surface area contributed by atoms with Crippen molar-refractivity contribution in [2.45, 2.75) is 13.8 Å². The predicted molar refractivity (Wildman–Crippen MR) is 65.9 cm³/mol. The van der Waals surface area contributed by atoms with Crippen molar-refractivity contribution >= 4 is 27.6 Å². The molecule has 2 nitrogen and oxygen atoms in total. The number of aryl methyl sites for hydroxylation is 2. The third-order valence-corrected chi connectivity index (χ3v) is 4.34. The fourth-order valence-corrected chi connectivity index (χ4v) is 3.49. The zero-order valence-electron chi connectivity index (χ0n) is 8.52. The van der Waals surface area contributed by atoms with E-state index in [1.807, 2.05) is 0 Å². The van der Waals surface area contributed by atoms with Crippen LogP contribution in [0.2, 0.25) is 0 Å². The molecule has 0 aliphatic carbocycles. The van der Waals surface area contributed by atoms with Crippen LogP contribution < -0.4 is 0 Å². The molecule has 0 atom stereocenters. The summed E-state index contributed by atoms with van der Waals surface area (Å²) >= 11 is 3.45. The second-order valence-electron chi connectivity index (χ2n) is 3.52. The zero-order valence-corrected chi connectivity index (χ0v) is 10.2. The Kier molecular flexibility index (Phi) is 1.94. The second-order valence-corrected chi connectivity index (χ2v) is 5.30. The van der Waals surface area contributed by atoms with Gasteiger partial charge in [-0.15, -0.1) is 22.7 Å². The topological polar surface area (TPSA) is 17.3 Å². The smallest absolute Gasteiger partial charge is 0.194 e. The van der Waals surface area contributed by atoms with Crippen LogP contribution in [0.4, 0.5) is 0 Å². The minimum absolute atomic E-state index is 1.09. The predicted octanol–water partition coefficient (Wildman–Crippen LogP) is 3.74. The van der Waals surface area contributed by atoms with E-state index in [9.17, 15) is 0 Å². The maximum atomic E-state index is 4.67. The van der Waals surface area contributed by atoms with Crippen molar-refractivity contribution in [3.05, 3.63) is 34.3 Å². The molecule has 0 N–H and O–H groups in total. The first kappa shape index (κ1) is 9.12. The molecule has 0 aliphatic heterocycles. The molecule has 0 spiro atoms. The van der Waals surface area contributed by atoms with E-state index in [0.29, 0.717) is 0 Å². The molecule has 0 bridgehead atoms. The summed E-state index contributed by atoms with van der Waals surface area (Å²) < 4.78 is 2.22. The van der Waals surface area contributed by atoms with E-state index >= 15 is 0 Å². The number of aromatic nitrogens is 2. The Bertz CT molecular complexity index is 602. The van der Waals surface area contributed by atoms with Gasteiger partial charge in [0.25, 0.3) is 0 Å². The summed E-state index contributed by atoms with van der Waals surface area (Å²) in [6.07, 6.45) is 0. The van der Waals surface area contributed by atoms with Crippen LogP contribution in [0.3, 0.4) is 0 Å². The number of hydrogen-bond acceptors (Lipinski definition) is 3. The molecule has 0 saturated heterocycles. The first-order valence-corrected chi connectivity index (χ1v) is 6.50. The Morgan fingerprint density at radius 1 is 1.27 bits per heavy atom. The highest BCUT2D eigenvalue weighted by Crippen LogP contribution is 2.30. The van der Waals surface area contributed by atoms with Crippen LogP contribution in [0.5, 0.6) is 0 Å². The van der Waals surface area contributed by atoms with E-state index in [2.05, 4.69) is 46.1 Å². The van der Waals surface area contributed by atoms with Gasteiger partial charge in [-0.25, -0.2) is 4.98 Å². The molecule has 3 aromatic heterocycles. The molecule has 3 aromatic rings. The van der Waals surface area contributed by atoms with Gasteiger partial charge in [-0.1, -0.05) is 6.07 Å². The van der Waals surface area contributed by atoms with Crippen LogP contribution >= 0.6 is 22.7 Å². The number of thiazole rings is 1. The van der Waals surface area contributed by atoms with Gasteiger partial charge >= 0.3 is 0 Å². The molecule has 0 fully saturated rings. The standard InChI is InChI=1S/C11H10N2S2/c1-7-6-15-11-12-10(8(2)13(7)11)9-4-3-5-14-9/h3-6H,1-2H3. The largest absolute Gasteiger partial charge is 0.292 e. The van der Waals surface area contributed by atoms with Crippen molar-refractivity contribution in [3.8, 4) is 10.6 Å². The first-order chi connectivity index (χ1) is 7.27. The van der Waals surface area contributed by atoms with Crippen LogP contribution in [0.25, 0.3) is 15.5 Å². The maximum Gasteiger partial charge on any atom is 0.194 e. The molecule has 4 heteroatoms. The van der Waals surface area contributed by atoms with E-state index < -0.39 is 0 Å². The molecule has 0 unspecified atom stereocenters. The summed E-state index contributed by atoms with van der Waals surface area (Å²) in [5.74, 6) is 0. The average Bonchev–Trinajstić information content (AvgIpc) is 2.86. The van der Waals surface area contributed by atoms with E-state index in [1.165, 1.54) is 16.3 Å². The van der Waals surface area contributed by atoms with E-state index in [-0.39, 0.29) is 0 Å². The zero-order chi connectivity index (χ0) is 10.4. The lowest BCUT2D eigenvalue weighted by Gasteiger charge is -1.95. The highest BCUT2D eigenvalue weighted by atomic mass is 32.1. The minimum Gasteiger partial charge on any atom is -0.292 e. The van der Waals surface area contributed by atoms with Crippen LogP contribution in [-0.4, -0.2) is 9.38 Å². The lowest BCUT2D eigenvalue weighted by Crippen LogP contribution is -1.86. The number of fused-ring (bicyclic) bond motifs is 1. The quantitative estimate of drug-likeness (QED) is 0.627. The summed E-state index contributed by atoms with van der Waals surface area (Å²) in [5, 5.41) is 4.24. The van der Waals surface area contributed by atoms with Crippen molar-refractivity contribution in [1.29, 1.82) is 0 Å². The molecular weight excluding hydrogens is 224 g/mol. The average molecular weight is 234 g/mol. The van der Waals surface area contributed by atoms with E-state index in [4.69, 9.17) is 0 Å². The van der Waals surface area contributed by atoms with Crippen molar-refractivity contribution in [2.24, 2.45) is 0 Å². The van der Waals surface area contributed by atoms with Gasteiger partial charge in [-0.2, -0.15) is 0 Å². The molecule has 0 saturated carbocycles. The Morgan fingerprint density at radius 3 is 2.80 bits per heavy atom. The van der Waals surface area contributed by atoms with Crippen molar-refractivity contribution in [2.75, 3.05) is 0 Å². The van der Waals surface area contributed by atoms with Gasteiger partial charge < -0.3 is 0 Å². The van der Waals surface area contributed by atoms with Gasteiger partial charge in [0.2, 0.25) is 0 Å². The Morgan fingerprint density at radius 2 is 2.13 bits per heavy atom. The molecule has 15 heavy (non-hydrogen) atoms. The third-order valence-electron chi connectivity index (χ3n) is 2.52. The summed E-state index contributed by atoms with van der Waals surface area (Å²) in [7, 11) is 0. The summed E-state index contributed by atoms with van der Waals surface area (Å²) in [4.78, 5) is 7.01. The number of hydrogen-bond donors (Lipinski definition) is 0. The van der Waals surface area contributed by atoms with Crippen molar-refractivity contribution in [1.82, 2.24) is 9.38 Å². The van der Waals surface area contributed by atoms with Crippen LogP contribution in [0.15, 0.2) is 22.9 Å². The van der Waals surface area contributed by atoms with Crippen LogP contribution in [-0.2, 0) is 0 Å². The normalized spacial score (nSPS) is 11.3. The first-order valence-electron chi connectivity index (χ1n) is 4.74. The number of nitrogens with zero attached hydrogens (tertiary/aromatic N) is 2. The third kappa shape index (κ3) is 1.25. The summed E-state index contributed by atoms with van der Waals surface area (Å²) in [5.41, 5.74) is 3.63. The fraction of sp³-hybridized carbons (Fsp3) is 0.182. The molecule has 0 radical (unpaired) electrons. The molecule has 3 heterocycles. The molecule has 0 aromatic carbocycles. The lowest BCUT2D eigenvalue weighted by atomic mass is 10.3.